The molecule has 25 heavy (non-hydrogen) atoms. The van der Waals surface area contributed by atoms with Crippen LogP contribution in [0.4, 0.5) is 0 Å². The van der Waals surface area contributed by atoms with Crippen molar-refractivity contribution in [1.29, 1.82) is 0 Å². The Hall–Kier alpha value is -1.11. The van der Waals surface area contributed by atoms with Gasteiger partial charge in [0.2, 0.25) is 0 Å². The molecule has 0 aliphatic carbocycles. The highest BCUT2D eigenvalue weighted by Crippen LogP contribution is 2.25. The molecule has 2 aromatic rings. The first-order valence-corrected chi connectivity index (χ1v) is 10.1. The number of piperazine rings is 1. The number of benzene rings is 2. The van der Waals surface area contributed by atoms with E-state index in [-0.39, 0.29) is 24.2 Å². The monoisotopic (exact) mass is 400 g/mol. The molecule has 4 nitrogen and oxygen atoms in total. The lowest BCUT2D eigenvalue weighted by Crippen LogP contribution is -2.47. The highest BCUT2D eigenvalue weighted by molar-refractivity contribution is 7.91. The third kappa shape index (κ3) is 5.19. The third-order valence-corrected chi connectivity index (χ3v) is 6.28. The molecule has 0 amide bonds. The Morgan fingerprint density at radius 1 is 1.12 bits per heavy atom. The van der Waals surface area contributed by atoms with Crippen molar-refractivity contribution in [2.75, 3.05) is 31.9 Å². The molecule has 1 heterocycles. The van der Waals surface area contributed by atoms with Gasteiger partial charge in [-0.25, -0.2) is 8.42 Å². The molecular formula is C18H22Cl2N2O2S. The first kappa shape index (κ1) is 20.2. The number of halogens is 2. The Morgan fingerprint density at radius 2 is 1.88 bits per heavy atom. The summed E-state index contributed by atoms with van der Waals surface area (Å²) in [6.45, 7) is 2.99. The summed E-state index contributed by atoms with van der Waals surface area (Å²) in [7, 11) is -3.26. The minimum Gasteiger partial charge on any atom is -0.314 e. The largest absolute Gasteiger partial charge is 0.314 e. The van der Waals surface area contributed by atoms with Crippen molar-refractivity contribution >= 4 is 33.8 Å². The third-order valence-electron chi connectivity index (χ3n) is 4.34. The van der Waals surface area contributed by atoms with Crippen LogP contribution in [-0.2, 0) is 9.84 Å². The van der Waals surface area contributed by atoms with Gasteiger partial charge >= 0.3 is 0 Å². The van der Waals surface area contributed by atoms with Gasteiger partial charge < -0.3 is 5.32 Å². The highest BCUT2D eigenvalue weighted by Gasteiger charge is 2.25. The molecule has 3 rings (SSSR count). The van der Waals surface area contributed by atoms with Crippen molar-refractivity contribution in [2.24, 2.45) is 0 Å². The summed E-state index contributed by atoms with van der Waals surface area (Å²) in [5.74, 6) is 0.119. The fourth-order valence-corrected chi connectivity index (χ4v) is 4.52. The van der Waals surface area contributed by atoms with Crippen molar-refractivity contribution in [2.45, 2.75) is 10.9 Å². The summed E-state index contributed by atoms with van der Waals surface area (Å²) >= 11 is 6.11. The molecule has 1 N–H and O–H groups in total. The zero-order valence-corrected chi connectivity index (χ0v) is 16.2. The first-order chi connectivity index (χ1) is 11.6. The maximum absolute atomic E-state index is 12.5. The predicted molar refractivity (Wildman–Crippen MR) is 104 cm³/mol. The smallest absolute Gasteiger partial charge is 0.179 e. The van der Waals surface area contributed by atoms with Crippen molar-refractivity contribution in [3.8, 4) is 0 Å². The van der Waals surface area contributed by atoms with E-state index in [0.29, 0.717) is 16.5 Å². The molecule has 1 aliphatic rings. The van der Waals surface area contributed by atoms with Gasteiger partial charge in [-0.1, -0.05) is 41.9 Å². The van der Waals surface area contributed by atoms with E-state index in [0.717, 1.165) is 25.2 Å². The molecule has 1 saturated heterocycles. The zero-order valence-electron chi connectivity index (χ0n) is 13.8. The van der Waals surface area contributed by atoms with Crippen molar-refractivity contribution in [3.63, 3.8) is 0 Å². The quantitative estimate of drug-likeness (QED) is 0.836. The second kappa shape index (κ2) is 9.01. The van der Waals surface area contributed by atoms with Gasteiger partial charge in [0, 0.05) is 37.2 Å². The normalized spacial score (nSPS) is 18.5. The number of nitrogens with one attached hydrogen (secondary N) is 1. The average Bonchev–Trinajstić information content (AvgIpc) is 2.61. The van der Waals surface area contributed by atoms with Crippen molar-refractivity contribution < 1.29 is 8.42 Å². The van der Waals surface area contributed by atoms with Crippen LogP contribution in [0.1, 0.15) is 11.6 Å². The van der Waals surface area contributed by atoms with Gasteiger partial charge in [-0.3, -0.25) is 4.90 Å². The Kier molecular flexibility index (Phi) is 7.28. The van der Waals surface area contributed by atoms with Crippen LogP contribution in [0.25, 0.3) is 0 Å². The molecule has 0 radical (unpaired) electrons. The fraction of sp³-hybridized carbons (Fsp3) is 0.333. The number of hydrogen-bond acceptors (Lipinski definition) is 4. The zero-order chi connectivity index (χ0) is 17.0. The fourth-order valence-electron chi connectivity index (χ4n) is 3.04. The van der Waals surface area contributed by atoms with E-state index in [4.69, 9.17) is 11.6 Å². The maximum Gasteiger partial charge on any atom is 0.179 e. The minimum absolute atomic E-state index is 0. The van der Waals surface area contributed by atoms with Crippen LogP contribution in [-0.4, -0.2) is 45.2 Å². The number of nitrogens with zero attached hydrogens (tertiary/aromatic N) is 1. The van der Waals surface area contributed by atoms with E-state index < -0.39 is 9.84 Å². The Labute approximate surface area is 160 Å². The lowest BCUT2D eigenvalue weighted by atomic mass is 10.0. The van der Waals surface area contributed by atoms with Crippen LogP contribution in [0.15, 0.2) is 59.5 Å². The second-order valence-corrected chi connectivity index (χ2v) is 8.49. The summed E-state index contributed by atoms with van der Waals surface area (Å²) in [5, 5.41) is 4.08. The number of hydrogen-bond donors (Lipinski definition) is 1. The summed E-state index contributed by atoms with van der Waals surface area (Å²) in [4.78, 5) is 2.61. The van der Waals surface area contributed by atoms with E-state index >= 15 is 0 Å². The van der Waals surface area contributed by atoms with Gasteiger partial charge in [0.05, 0.1) is 10.6 Å². The lowest BCUT2D eigenvalue weighted by Gasteiger charge is -2.36. The Morgan fingerprint density at radius 3 is 2.60 bits per heavy atom. The molecule has 0 spiro atoms. The first-order valence-electron chi connectivity index (χ1n) is 8.04. The minimum atomic E-state index is -3.26. The lowest BCUT2D eigenvalue weighted by molar-refractivity contribution is 0.172. The van der Waals surface area contributed by atoms with E-state index in [1.807, 2.05) is 30.3 Å². The number of rotatable bonds is 5. The summed E-state index contributed by atoms with van der Waals surface area (Å²) in [6.07, 6.45) is 0. The van der Waals surface area contributed by atoms with Gasteiger partial charge in [-0.15, -0.1) is 12.4 Å². The summed E-state index contributed by atoms with van der Waals surface area (Å²) in [5.41, 5.74) is 1.12. The molecule has 1 aliphatic heterocycles. The van der Waals surface area contributed by atoms with Crippen LogP contribution in [0.5, 0.6) is 0 Å². The molecule has 1 atom stereocenters. The Balaban J connectivity index is 0.00000225. The van der Waals surface area contributed by atoms with Gasteiger partial charge in [0.15, 0.2) is 9.84 Å². The van der Waals surface area contributed by atoms with Gasteiger partial charge in [0.25, 0.3) is 0 Å². The second-order valence-electron chi connectivity index (χ2n) is 5.94. The molecule has 136 valence electrons. The van der Waals surface area contributed by atoms with E-state index in [2.05, 4.69) is 10.2 Å². The molecule has 0 aromatic heterocycles. The van der Waals surface area contributed by atoms with Crippen LogP contribution >= 0.6 is 24.0 Å². The number of sulfone groups is 1. The summed E-state index contributed by atoms with van der Waals surface area (Å²) < 4.78 is 25.0. The predicted octanol–water partition coefficient (Wildman–Crippen LogP) is 3.18. The standard InChI is InChI=1S/C18H21ClN2O2S.ClH/c19-16-6-4-5-15(13-16)18-14-20-9-10-21(18)11-12-24(22,23)17-7-2-1-3-8-17;/h1-8,13,18,20H,9-12,14H2;1H. The van der Waals surface area contributed by atoms with E-state index in [1.54, 1.807) is 24.3 Å². The SMILES string of the molecule is Cl.O=S(=O)(CCN1CCNCC1c1cccc(Cl)c1)c1ccccc1. The highest BCUT2D eigenvalue weighted by atomic mass is 35.5. The molecule has 1 unspecified atom stereocenters. The molecule has 0 bridgehead atoms. The molecular weight excluding hydrogens is 379 g/mol. The van der Waals surface area contributed by atoms with Crippen LogP contribution in [0, 0.1) is 0 Å². The molecule has 7 heteroatoms. The van der Waals surface area contributed by atoms with Gasteiger partial charge in [-0.05, 0) is 29.8 Å². The maximum atomic E-state index is 12.5. The van der Waals surface area contributed by atoms with Gasteiger partial charge in [-0.2, -0.15) is 0 Å². The van der Waals surface area contributed by atoms with E-state index in [1.165, 1.54) is 0 Å². The topological polar surface area (TPSA) is 49.4 Å². The molecule has 1 fully saturated rings. The van der Waals surface area contributed by atoms with E-state index in [9.17, 15) is 8.42 Å². The van der Waals surface area contributed by atoms with Gasteiger partial charge in [0.1, 0.15) is 0 Å². The average molecular weight is 401 g/mol. The Bertz CT molecular complexity index is 785. The molecule has 2 aromatic carbocycles. The van der Waals surface area contributed by atoms with Crippen molar-refractivity contribution in [3.05, 3.63) is 65.2 Å². The van der Waals surface area contributed by atoms with Crippen LogP contribution in [0.3, 0.4) is 0 Å². The molecule has 0 saturated carbocycles. The van der Waals surface area contributed by atoms with Crippen molar-refractivity contribution in [1.82, 2.24) is 10.2 Å². The summed E-state index contributed by atoms with van der Waals surface area (Å²) in [6, 6.07) is 16.6. The van der Waals surface area contributed by atoms with Crippen LogP contribution in [0.2, 0.25) is 5.02 Å². The van der Waals surface area contributed by atoms with Crippen LogP contribution < -0.4 is 5.32 Å².